The number of fused-ring (bicyclic) bond motifs is 20. The van der Waals surface area contributed by atoms with Crippen LogP contribution in [0.4, 0.5) is 17.1 Å². The number of anilines is 3. The van der Waals surface area contributed by atoms with Crippen LogP contribution in [0.1, 0.15) is 74.9 Å². The molecule has 3 heterocycles. The molecule has 0 atom stereocenters. The van der Waals surface area contributed by atoms with E-state index in [2.05, 4.69) is 294 Å². The molecular formula is C81H58N2O2. The second-order valence-corrected chi connectivity index (χ2v) is 25.5. The van der Waals surface area contributed by atoms with Crippen molar-refractivity contribution < 1.29 is 8.83 Å². The van der Waals surface area contributed by atoms with Crippen LogP contribution in [0.3, 0.4) is 0 Å². The zero-order valence-corrected chi connectivity index (χ0v) is 48.3. The minimum Gasteiger partial charge on any atom is -0.456 e. The standard InChI is InChI=1S/C81H58N2O2/c1-79(2)62-38-40-73-76(56-27-15-19-31-71(56)84-73)75(62)61-46-65-59(45-66(61)79)53-36-34-50(42-63(53)80(65,3)4)82(68-29-17-13-25-52(68)47-21-9-7-10-22-47)51-35-37-55-64(43-51)81(5,6)67-44-58(78-77(74(55)67)57-28-16-20-32-72(57)85-78)48-33-39-70-60(41-48)54-26-14-18-30-69(54)83(70)49-23-11-8-12-24-49/h7-46H,1-6H3. The van der Waals surface area contributed by atoms with Crippen molar-refractivity contribution in [3.8, 4) is 61.3 Å². The summed E-state index contributed by atoms with van der Waals surface area (Å²) in [5.74, 6) is 0. The maximum absolute atomic E-state index is 7.09. The van der Waals surface area contributed by atoms with Crippen LogP contribution in [0.2, 0.25) is 0 Å². The fraction of sp³-hybridized carbons (Fsp3) is 0.111. The topological polar surface area (TPSA) is 34.5 Å². The van der Waals surface area contributed by atoms with Crippen molar-refractivity contribution >= 4 is 82.7 Å². The number of benzene rings is 12. The highest BCUT2D eigenvalue weighted by atomic mass is 16.3. The summed E-state index contributed by atoms with van der Waals surface area (Å²) in [6.07, 6.45) is 0. The van der Waals surface area contributed by atoms with Gasteiger partial charge in [0.15, 0.2) is 0 Å². The summed E-state index contributed by atoms with van der Waals surface area (Å²) >= 11 is 0. The SMILES string of the molecule is CC1(C)c2cc(N(c3ccc4c(c3)C(C)(C)c3cc(-c5ccc6c(c5)c5ccccc5n6-c5ccccc5)c5oc6ccccc6c5c3-4)c3ccccc3-c3ccccc3)ccc2-c2cc3c(cc21)-c1c(ccc2oc4ccccc4c12)C3(C)C. The summed E-state index contributed by atoms with van der Waals surface area (Å²) < 4.78 is 16.0. The Morgan fingerprint density at radius 3 is 1.65 bits per heavy atom. The predicted octanol–water partition coefficient (Wildman–Crippen LogP) is 22.3. The lowest BCUT2D eigenvalue weighted by Crippen LogP contribution is -2.18. The largest absolute Gasteiger partial charge is 0.456 e. The molecular weight excluding hydrogens is 1030 g/mol. The maximum atomic E-state index is 7.09. The smallest absolute Gasteiger partial charge is 0.143 e. The molecule has 0 fully saturated rings. The number of aromatic nitrogens is 1. The third-order valence-electron chi connectivity index (χ3n) is 20.0. The number of rotatable bonds is 6. The Bertz CT molecular complexity index is 5390. The van der Waals surface area contributed by atoms with Crippen molar-refractivity contribution in [2.75, 3.05) is 4.90 Å². The number of para-hydroxylation sites is 5. The van der Waals surface area contributed by atoms with E-state index < -0.39 is 0 Å². The van der Waals surface area contributed by atoms with Crippen molar-refractivity contribution in [3.63, 3.8) is 0 Å². The molecule has 0 bridgehead atoms. The van der Waals surface area contributed by atoms with E-state index in [0.717, 1.165) is 61.6 Å². The second-order valence-electron chi connectivity index (χ2n) is 25.5. The number of hydrogen-bond donors (Lipinski definition) is 0. The minimum atomic E-state index is -0.386. The molecule has 0 unspecified atom stereocenters. The molecule has 3 aliphatic carbocycles. The van der Waals surface area contributed by atoms with Gasteiger partial charge in [-0.25, -0.2) is 0 Å². The molecule has 3 aliphatic rings. The monoisotopic (exact) mass is 1090 g/mol. The van der Waals surface area contributed by atoms with Crippen LogP contribution in [0, 0.1) is 0 Å². The summed E-state index contributed by atoms with van der Waals surface area (Å²) in [5.41, 5.74) is 30.0. The van der Waals surface area contributed by atoms with Crippen molar-refractivity contribution in [1.82, 2.24) is 4.57 Å². The quantitative estimate of drug-likeness (QED) is 0.166. The molecule has 85 heavy (non-hydrogen) atoms. The fourth-order valence-corrected chi connectivity index (χ4v) is 15.8. The third-order valence-corrected chi connectivity index (χ3v) is 20.0. The van der Waals surface area contributed by atoms with Crippen molar-refractivity contribution in [2.45, 2.75) is 57.8 Å². The molecule has 18 rings (SSSR count). The van der Waals surface area contributed by atoms with Gasteiger partial charge in [0.2, 0.25) is 0 Å². The number of hydrogen-bond acceptors (Lipinski definition) is 3. The van der Waals surface area contributed by atoms with Crippen molar-refractivity contribution in [3.05, 3.63) is 276 Å². The van der Waals surface area contributed by atoms with Crippen molar-refractivity contribution in [2.24, 2.45) is 0 Å². The Morgan fingerprint density at radius 2 is 0.871 bits per heavy atom. The van der Waals surface area contributed by atoms with Gasteiger partial charge in [-0.05, 0) is 175 Å². The van der Waals surface area contributed by atoms with Crippen LogP contribution in [0.15, 0.2) is 251 Å². The predicted molar refractivity (Wildman–Crippen MR) is 354 cm³/mol. The van der Waals surface area contributed by atoms with E-state index in [1.165, 1.54) is 116 Å². The van der Waals surface area contributed by atoms with Crippen LogP contribution in [0.25, 0.3) is 127 Å². The highest BCUT2D eigenvalue weighted by Crippen LogP contribution is 2.61. The molecule has 12 aromatic carbocycles. The Hall–Kier alpha value is -10.2. The molecule has 404 valence electrons. The Balaban J connectivity index is 0.811. The van der Waals surface area contributed by atoms with Crippen LogP contribution in [0.5, 0.6) is 0 Å². The summed E-state index contributed by atoms with van der Waals surface area (Å²) in [4.78, 5) is 2.52. The lowest BCUT2D eigenvalue weighted by atomic mass is 9.79. The van der Waals surface area contributed by atoms with Crippen LogP contribution in [-0.2, 0) is 16.2 Å². The van der Waals surface area contributed by atoms with E-state index in [1.54, 1.807) is 0 Å². The van der Waals surface area contributed by atoms with Gasteiger partial charge in [-0.2, -0.15) is 0 Å². The highest BCUT2D eigenvalue weighted by Gasteiger charge is 2.44. The summed E-state index contributed by atoms with van der Waals surface area (Å²) in [5, 5.41) is 7.13. The molecule has 4 nitrogen and oxygen atoms in total. The second kappa shape index (κ2) is 17.0. The third kappa shape index (κ3) is 6.52. The average Bonchev–Trinajstić information content (AvgIpc) is 1.74. The van der Waals surface area contributed by atoms with Gasteiger partial charge in [-0.15, -0.1) is 0 Å². The zero-order valence-electron chi connectivity index (χ0n) is 48.3. The molecule has 0 saturated carbocycles. The Morgan fingerprint density at radius 1 is 0.318 bits per heavy atom. The van der Waals surface area contributed by atoms with Crippen LogP contribution < -0.4 is 4.90 Å². The Labute approximate surface area is 493 Å². The van der Waals surface area contributed by atoms with Gasteiger partial charge in [0.1, 0.15) is 22.3 Å². The van der Waals surface area contributed by atoms with E-state index in [9.17, 15) is 0 Å². The molecule has 0 spiro atoms. The maximum Gasteiger partial charge on any atom is 0.143 e. The summed E-state index contributed by atoms with van der Waals surface area (Å²) in [6, 6.07) is 90.0. The van der Waals surface area contributed by atoms with Gasteiger partial charge in [0.05, 0.1) is 16.7 Å². The van der Waals surface area contributed by atoms with Gasteiger partial charge < -0.3 is 18.3 Å². The molecule has 0 radical (unpaired) electrons. The van der Waals surface area contributed by atoms with Gasteiger partial charge in [0, 0.05) is 76.8 Å². The van der Waals surface area contributed by atoms with Crippen LogP contribution >= 0.6 is 0 Å². The molecule has 3 aromatic heterocycles. The lowest BCUT2D eigenvalue weighted by Gasteiger charge is -2.31. The first-order chi connectivity index (χ1) is 41.4. The van der Waals surface area contributed by atoms with Gasteiger partial charge >= 0.3 is 0 Å². The summed E-state index contributed by atoms with van der Waals surface area (Å²) in [7, 11) is 0. The summed E-state index contributed by atoms with van der Waals surface area (Å²) in [6.45, 7) is 14.5. The normalized spacial score (nSPS) is 14.8. The number of nitrogens with zero attached hydrogens (tertiary/aromatic N) is 2. The molecule has 15 aromatic rings. The minimum absolute atomic E-state index is 0.199. The van der Waals surface area contributed by atoms with Gasteiger partial charge in [-0.3, -0.25) is 0 Å². The average molecular weight is 1090 g/mol. The Kier molecular flexibility index (Phi) is 9.67. The molecule has 0 amide bonds. The van der Waals surface area contributed by atoms with Crippen molar-refractivity contribution in [1.29, 1.82) is 0 Å². The lowest BCUT2D eigenvalue weighted by molar-refractivity contribution is 0.651. The molecule has 4 heteroatoms. The van der Waals surface area contributed by atoms with E-state index in [-0.39, 0.29) is 16.2 Å². The first kappa shape index (κ1) is 48.4. The zero-order chi connectivity index (χ0) is 56.8. The number of furan rings is 2. The van der Waals surface area contributed by atoms with E-state index in [4.69, 9.17) is 8.83 Å². The van der Waals surface area contributed by atoms with E-state index >= 15 is 0 Å². The first-order valence-corrected chi connectivity index (χ1v) is 29.9. The van der Waals surface area contributed by atoms with E-state index in [0.29, 0.717) is 0 Å². The fourth-order valence-electron chi connectivity index (χ4n) is 15.8. The first-order valence-electron chi connectivity index (χ1n) is 29.9. The van der Waals surface area contributed by atoms with E-state index in [1.807, 2.05) is 0 Å². The van der Waals surface area contributed by atoms with Gasteiger partial charge in [-0.1, -0.05) is 187 Å². The molecule has 0 N–H and O–H groups in total. The molecule has 0 saturated heterocycles. The highest BCUT2D eigenvalue weighted by molar-refractivity contribution is 6.20. The van der Waals surface area contributed by atoms with Gasteiger partial charge in [0.25, 0.3) is 0 Å². The van der Waals surface area contributed by atoms with Crippen LogP contribution in [-0.4, -0.2) is 4.57 Å². The molecule has 0 aliphatic heterocycles.